The van der Waals surface area contributed by atoms with Crippen molar-refractivity contribution >= 4 is 15.9 Å². The average Bonchev–Trinajstić information content (AvgIpc) is 2.40. The topological polar surface area (TPSA) is 42.2 Å². The number of rotatable bonds is 7. The summed E-state index contributed by atoms with van der Waals surface area (Å²) in [6, 6.07) is 8.13. The summed E-state index contributed by atoms with van der Waals surface area (Å²) in [4.78, 5) is 0. The van der Waals surface area contributed by atoms with E-state index in [1.807, 2.05) is 39.0 Å². The van der Waals surface area contributed by atoms with E-state index < -0.39 is 0 Å². The van der Waals surface area contributed by atoms with Gasteiger partial charge in [-0.2, -0.15) is 5.26 Å². The maximum absolute atomic E-state index is 8.99. The first-order valence-corrected chi connectivity index (χ1v) is 7.51. The molecule has 0 spiro atoms. The Labute approximate surface area is 123 Å². The molecule has 0 N–H and O–H groups in total. The van der Waals surface area contributed by atoms with Gasteiger partial charge < -0.3 is 9.47 Å². The maximum Gasteiger partial charge on any atom is 0.165 e. The second kappa shape index (κ2) is 7.40. The molecule has 3 nitrogen and oxygen atoms in total. The van der Waals surface area contributed by atoms with E-state index in [0.717, 1.165) is 17.1 Å². The molecule has 0 bridgehead atoms. The van der Waals surface area contributed by atoms with Crippen LogP contribution in [-0.4, -0.2) is 13.2 Å². The largest absolute Gasteiger partial charge is 0.490 e. The fourth-order valence-electron chi connectivity index (χ4n) is 1.56. The van der Waals surface area contributed by atoms with Gasteiger partial charge in [-0.05, 0) is 33.3 Å². The first kappa shape index (κ1) is 15.8. The predicted octanol–water partition coefficient (Wildman–Crippen LogP) is 4.30. The Bertz CT molecular complexity index is 452. The maximum atomic E-state index is 8.99. The van der Waals surface area contributed by atoms with E-state index in [2.05, 4.69) is 22.0 Å². The van der Waals surface area contributed by atoms with Crippen molar-refractivity contribution in [2.45, 2.75) is 32.5 Å². The van der Waals surface area contributed by atoms with Crippen LogP contribution in [-0.2, 0) is 5.33 Å². The first-order chi connectivity index (χ1) is 9.04. The van der Waals surface area contributed by atoms with E-state index in [9.17, 15) is 0 Å². The molecule has 0 unspecified atom stereocenters. The molecule has 0 amide bonds. The van der Waals surface area contributed by atoms with E-state index in [1.165, 1.54) is 0 Å². The second-order valence-corrected chi connectivity index (χ2v) is 5.47. The molecule has 0 atom stereocenters. The molecule has 0 fully saturated rings. The molecular formula is C15H20BrNO2. The van der Waals surface area contributed by atoms with Crippen LogP contribution in [0.3, 0.4) is 0 Å². The Balaban J connectivity index is 2.78. The van der Waals surface area contributed by atoms with Crippen molar-refractivity contribution in [2.24, 2.45) is 5.41 Å². The van der Waals surface area contributed by atoms with Crippen LogP contribution in [0.5, 0.6) is 11.5 Å². The standard InChI is InChI=1S/C15H20BrNO2/c1-4-18-13-7-5-6-12(10-16)14(13)19-9-8-15(2,3)11-17/h5-7H,4,8-10H2,1-3H3. The molecule has 0 aliphatic carbocycles. The van der Waals surface area contributed by atoms with Gasteiger partial charge in [0.1, 0.15) is 0 Å². The zero-order valence-electron chi connectivity index (χ0n) is 11.7. The highest BCUT2D eigenvalue weighted by atomic mass is 79.9. The third-order valence-electron chi connectivity index (χ3n) is 2.78. The summed E-state index contributed by atoms with van der Waals surface area (Å²) in [7, 11) is 0. The Morgan fingerprint density at radius 2 is 2.05 bits per heavy atom. The number of nitriles is 1. The number of benzene rings is 1. The van der Waals surface area contributed by atoms with Crippen molar-refractivity contribution in [3.63, 3.8) is 0 Å². The summed E-state index contributed by atoms with van der Waals surface area (Å²) in [5, 5.41) is 9.71. The highest BCUT2D eigenvalue weighted by Gasteiger charge is 2.18. The van der Waals surface area contributed by atoms with Gasteiger partial charge in [0.2, 0.25) is 0 Å². The van der Waals surface area contributed by atoms with Crippen molar-refractivity contribution in [1.82, 2.24) is 0 Å². The van der Waals surface area contributed by atoms with Crippen LogP contribution in [0.25, 0.3) is 0 Å². The Morgan fingerprint density at radius 3 is 2.63 bits per heavy atom. The minimum absolute atomic E-state index is 0.366. The quantitative estimate of drug-likeness (QED) is 0.702. The van der Waals surface area contributed by atoms with Gasteiger partial charge in [0.15, 0.2) is 11.5 Å². The van der Waals surface area contributed by atoms with Gasteiger partial charge in [-0.3, -0.25) is 0 Å². The molecule has 1 rings (SSSR count). The fraction of sp³-hybridized carbons (Fsp3) is 0.533. The lowest BCUT2D eigenvalue weighted by Gasteiger charge is -2.18. The second-order valence-electron chi connectivity index (χ2n) is 4.91. The molecule has 0 saturated carbocycles. The van der Waals surface area contributed by atoms with Crippen LogP contribution >= 0.6 is 15.9 Å². The van der Waals surface area contributed by atoms with Crippen molar-refractivity contribution in [1.29, 1.82) is 5.26 Å². The number of ether oxygens (including phenoxy) is 2. The van der Waals surface area contributed by atoms with Gasteiger partial charge in [-0.1, -0.05) is 28.1 Å². The molecule has 1 aromatic rings. The summed E-state index contributed by atoms with van der Waals surface area (Å²) < 4.78 is 11.4. The number of halogens is 1. The summed E-state index contributed by atoms with van der Waals surface area (Å²) in [6.45, 7) is 6.88. The number of hydrogen-bond acceptors (Lipinski definition) is 3. The molecule has 0 aliphatic rings. The summed E-state index contributed by atoms with van der Waals surface area (Å²) in [6.07, 6.45) is 0.686. The molecule has 1 aromatic carbocycles. The minimum Gasteiger partial charge on any atom is -0.490 e. The lowest BCUT2D eigenvalue weighted by Crippen LogP contribution is -2.14. The van der Waals surface area contributed by atoms with Crippen LogP contribution in [0.1, 0.15) is 32.8 Å². The molecule has 104 valence electrons. The minimum atomic E-state index is -0.366. The van der Waals surface area contributed by atoms with Crippen molar-refractivity contribution in [3.05, 3.63) is 23.8 Å². The number of para-hydroxylation sites is 1. The third-order valence-corrected chi connectivity index (χ3v) is 3.38. The number of nitrogens with zero attached hydrogens (tertiary/aromatic N) is 1. The van der Waals surface area contributed by atoms with Crippen molar-refractivity contribution in [2.75, 3.05) is 13.2 Å². The van der Waals surface area contributed by atoms with Crippen molar-refractivity contribution in [3.8, 4) is 17.6 Å². The van der Waals surface area contributed by atoms with Crippen LogP contribution in [0.2, 0.25) is 0 Å². The van der Waals surface area contributed by atoms with E-state index in [-0.39, 0.29) is 5.41 Å². The van der Waals surface area contributed by atoms with E-state index in [4.69, 9.17) is 14.7 Å². The first-order valence-electron chi connectivity index (χ1n) is 6.38. The molecule has 19 heavy (non-hydrogen) atoms. The smallest absolute Gasteiger partial charge is 0.165 e. The van der Waals surface area contributed by atoms with Gasteiger partial charge in [-0.15, -0.1) is 0 Å². The predicted molar refractivity (Wildman–Crippen MR) is 79.7 cm³/mol. The lowest BCUT2D eigenvalue weighted by molar-refractivity contribution is 0.243. The molecule has 0 heterocycles. The molecule has 0 radical (unpaired) electrons. The SMILES string of the molecule is CCOc1cccc(CBr)c1OCCC(C)(C)C#N. The van der Waals surface area contributed by atoms with Gasteiger partial charge in [-0.25, -0.2) is 0 Å². The lowest BCUT2D eigenvalue weighted by atomic mass is 9.92. The average molecular weight is 326 g/mol. The third kappa shape index (κ3) is 4.76. The molecule has 0 aliphatic heterocycles. The Hall–Kier alpha value is -1.21. The molecule has 4 heteroatoms. The zero-order chi connectivity index (χ0) is 14.3. The molecule has 0 aromatic heterocycles. The highest BCUT2D eigenvalue weighted by Crippen LogP contribution is 2.33. The van der Waals surface area contributed by atoms with Crippen LogP contribution in [0.15, 0.2) is 18.2 Å². The van der Waals surface area contributed by atoms with Gasteiger partial charge in [0.05, 0.1) is 24.7 Å². The van der Waals surface area contributed by atoms with E-state index in [0.29, 0.717) is 25.0 Å². The Morgan fingerprint density at radius 1 is 1.32 bits per heavy atom. The van der Waals surface area contributed by atoms with E-state index in [1.54, 1.807) is 0 Å². The van der Waals surface area contributed by atoms with Gasteiger partial charge >= 0.3 is 0 Å². The number of hydrogen-bond donors (Lipinski definition) is 0. The summed E-state index contributed by atoms with van der Waals surface area (Å²) in [5.41, 5.74) is 0.690. The van der Waals surface area contributed by atoms with Crippen LogP contribution in [0.4, 0.5) is 0 Å². The van der Waals surface area contributed by atoms with Crippen molar-refractivity contribution < 1.29 is 9.47 Å². The molecular weight excluding hydrogens is 306 g/mol. The monoisotopic (exact) mass is 325 g/mol. The Kier molecular flexibility index (Phi) is 6.17. The van der Waals surface area contributed by atoms with Gasteiger partial charge in [0, 0.05) is 10.9 Å². The highest BCUT2D eigenvalue weighted by molar-refractivity contribution is 9.08. The summed E-state index contributed by atoms with van der Waals surface area (Å²) in [5.74, 6) is 1.53. The van der Waals surface area contributed by atoms with Gasteiger partial charge in [0.25, 0.3) is 0 Å². The van der Waals surface area contributed by atoms with Crippen LogP contribution in [0, 0.1) is 16.7 Å². The number of alkyl halides is 1. The molecule has 0 saturated heterocycles. The normalized spacial score (nSPS) is 10.9. The summed E-state index contributed by atoms with van der Waals surface area (Å²) >= 11 is 3.45. The fourth-order valence-corrected chi connectivity index (χ4v) is 2.01. The van der Waals surface area contributed by atoms with E-state index >= 15 is 0 Å². The zero-order valence-corrected chi connectivity index (χ0v) is 13.3. The van der Waals surface area contributed by atoms with Crippen LogP contribution < -0.4 is 9.47 Å².